The number of halogens is 1. The summed E-state index contributed by atoms with van der Waals surface area (Å²) >= 11 is 3.11. The third kappa shape index (κ3) is 16.7. The molecule has 1 aromatic rings. The van der Waals surface area contributed by atoms with Gasteiger partial charge in [0.1, 0.15) is 5.75 Å². The van der Waals surface area contributed by atoms with Crippen LogP contribution >= 0.6 is 15.9 Å². The number of unbranched alkanes of at least 4 members (excludes halogenated alkanes) is 1. The summed E-state index contributed by atoms with van der Waals surface area (Å²) in [5.74, 6) is 0.334. The van der Waals surface area contributed by atoms with Crippen molar-refractivity contribution in [2.45, 2.75) is 73.1 Å². The van der Waals surface area contributed by atoms with Crippen molar-refractivity contribution in [1.29, 1.82) is 0 Å². The predicted octanol–water partition coefficient (Wildman–Crippen LogP) is 5.17. The van der Waals surface area contributed by atoms with Gasteiger partial charge in [0, 0.05) is 32.6 Å². The molecule has 1 rings (SSSR count). The molecule has 0 aliphatic carbocycles. The van der Waals surface area contributed by atoms with Crippen LogP contribution in [0.3, 0.4) is 0 Å². The van der Waals surface area contributed by atoms with Crippen molar-refractivity contribution in [2.24, 2.45) is 17.3 Å². The molecule has 0 aliphatic heterocycles. The maximum Gasteiger partial charge on any atom is 0.373 e. The number of anilines is 1. The topological polar surface area (TPSA) is 139 Å². The van der Waals surface area contributed by atoms with E-state index in [4.69, 9.17) is 14.3 Å². The number of hydrogen-bond acceptors (Lipinski definition) is 7. The zero-order chi connectivity index (χ0) is 30.0. The molecule has 10 heteroatoms. The second-order valence-electron chi connectivity index (χ2n) is 10.7. The SMILES string of the molecule is COCCNC(=O)/C(Br)=C\C(=O)CCCCC(=O)Nc1cc(CC(C)CC(C)C(C)(C)C)ccc1O.O=C=O. The van der Waals surface area contributed by atoms with Gasteiger partial charge in [0.05, 0.1) is 16.8 Å². The molecule has 0 bridgehead atoms. The molecule has 1 aromatic carbocycles. The van der Waals surface area contributed by atoms with Gasteiger partial charge in [-0.15, -0.1) is 0 Å². The normalized spacial score (nSPS) is 12.8. The smallest absolute Gasteiger partial charge is 0.373 e. The number of allylic oxidation sites excluding steroid dienone is 1. The minimum atomic E-state index is -0.375. The van der Waals surface area contributed by atoms with E-state index in [1.807, 2.05) is 12.1 Å². The van der Waals surface area contributed by atoms with Crippen LogP contribution in [0, 0.1) is 17.3 Å². The third-order valence-electron chi connectivity index (χ3n) is 6.33. The number of amides is 2. The Morgan fingerprint density at radius 1 is 1.13 bits per heavy atom. The van der Waals surface area contributed by atoms with E-state index in [9.17, 15) is 19.5 Å². The van der Waals surface area contributed by atoms with Crippen molar-refractivity contribution >= 4 is 45.4 Å². The number of phenolic OH excluding ortho intramolecular Hbond substituents is 1. The van der Waals surface area contributed by atoms with Crippen LogP contribution in [0.2, 0.25) is 0 Å². The molecule has 0 saturated heterocycles. The Hall–Kier alpha value is -2.81. The molecular formula is C29H43BrN2O7. The van der Waals surface area contributed by atoms with Gasteiger partial charge in [0.2, 0.25) is 5.91 Å². The molecule has 9 nitrogen and oxygen atoms in total. The summed E-state index contributed by atoms with van der Waals surface area (Å²) in [4.78, 5) is 52.6. The molecule has 0 aliphatic rings. The number of carbonyl (C=O) groups excluding carboxylic acids is 5. The average molecular weight is 612 g/mol. The lowest BCUT2D eigenvalue weighted by atomic mass is 9.76. The largest absolute Gasteiger partial charge is 0.506 e. The number of rotatable bonds is 15. The molecule has 2 amide bonds. The quantitative estimate of drug-likeness (QED) is 0.141. The Bertz CT molecular complexity index is 996. The van der Waals surface area contributed by atoms with Crippen molar-refractivity contribution in [3.63, 3.8) is 0 Å². The number of ether oxygens (including phenoxy) is 1. The van der Waals surface area contributed by atoms with Gasteiger partial charge in [-0.2, -0.15) is 9.59 Å². The van der Waals surface area contributed by atoms with Crippen LogP contribution < -0.4 is 10.6 Å². The fourth-order valence-corrected chi connectivity index (χ4v) is 4.08. The molecule has 0 aromatic heterocycles. The van der Waals surface area contributed by atoms with Gasteiger partial charge in [0.15, 0.2) is 5.78 Å². The highest BCUT2D eigenvalue weighted by atomic mass is 79.9. The summed E-state index contributed by atoms with van der Waals surface area (Å²) in [5.41, 5.74) is 1.75. The second-order valence-corrected chi connectivity index (χ2v) is 11.6. The van der Waals surface area contributed by atoms with Gasteiger partial charge in [-0.25, -0.2) is 0 Å². The Labute approximate surface area is 240 Å². The van der Waals surface area contributed by atoms with Crippen LogP contribution in [0.1, 0.15) is 72.3 Å². The van der Waals surface area contributed by atoms with Gasteiger partial charge >= 0.3 is 6.15 Å². The number of ketones is 1. The predicted molar refractivity (Wildman–Crippen MR) is 153 cm³/mol. The molecule has 3 N–H and O–H groups in total. The van der Waals surface area contributed by atoms with E-state index >= 15 is 0 Å². The number of nitrogens with one attached hydrogen (secondary N) is 2. The van der Waals surface area contributed by atoms with Crippen LogP contribution in [0.25, 0.3) is 0 Å². The average Bonchev–Trinajstić information content (AvgIpc) is 2.83. The first kappa shape index (κ1) is 36.2. The Morgan fingerprint density at radius 2 is 1.74 bits per heavy atom. The first-order chi connectivity index (χ1) is 18.2. The van der Waals surface area contributed by atoms with Gasteiger partial charge in [-0.1, -0.05) is 40.7 Å². The highest BCUT2D eigenvalue weighted by Gasteiger charge is 2.22. The summed E-state index contributed by atoms with van der Waals surface area (Å²) in [6.07, 6.45) is 5.00. The summed E-state index contributed by atoms with van der Waals surface area (Å²) in [5, 5.41) is 15.6. The monoisotopic (exact) mass is 610 g/mol. The molecule has 39 heavy (non-hydrogen) atoms. The van der Waals surface area contributed by atoms with Crippen LogP contribution in [0.5, 0.6) is 5.75 Å². The van der Waals surface area contributed by atoms with Gasteiger partial charge < -0.3 is 20.5 Å². The number of methoxy groups -OCH3 is 1. The number of aromatic hydroxyl groups is 1. The number of hydrogen-bond donors (Lipinski definition) is 3. The van der Waals surface area contributed by atoms with E-state index in [1.165, 1.54) is 13.2 Å². The zero-order valence-corrected chi connectivity index (χ0v) is 25.5. The lowest BCUT2D eigenvalue weighted by Gasteiger charge is -2.29. The van der Waals surface area contributed by atoms with Crippen molar-refractivity contribution in [1.82, 2.24) is 5.32 Å². The van der Waals surface area contributed by atoms with E-state index < -0.39 is 0 Å². The molecule has 218 valence electrons. The first-order valence-electron chi connectivity index (χ1n) is 13.0. The third-order valence-corrected chi connectivity index (χ3v) is 6.92. The minimum absolute atomic E-state index is 0.0387. The van der Waals surface area contributed by atoms with E-state index in [0.29, 0.717) is 43.5 Å². The summed E-state index contributed by atoms with van der Waals surface area (Å²) in [6.45, 7) is 12.0. The van der Waals surface area contributed by atoms with Crippen molar-refractivity contribution in [3.05, 3.63) is 34.3 Å². The van der Waals surface area contributed by atoms with E-state index in [2.05, 4.69) is 61.2 Å². The van der Waals surface area contributed by atoms with Gasteiger partial charge in [0.25, 0.3) is 5.91 Å². The second kappa shape index (κ2) is 19.3. The first-order valence-corrected chi connectivity index (χ1v) is 13.8. The molecule has 0 saturated carbocycles. The fourth-order valence-electron chi connectivity index (χ4n) is 3.68. The summed E-state index contributed by atoms with van der Waals surface area (Å²) in [6, 6.07) is 5.37. The Kier molecular flexibility index (Phi) is 17.9. The molecule has 0 spiro atoms. The highest BCUT2D eigenvalue weighted by molar-refractivity contribution is 9.12. The van der Waals surface area contributed by atoms with Crippen LogP contribution in [-0.2, 0) is 35.1 Å². The van der Waals surface area contributed by atoms with Crippen LogP contribution in [0.15, 0.2) is 28.8 Å². The van der Waals surface area contributed by atoms with E-state index in [0.717, 1.165) is 18.4 Å². The molecule has 2 unspecified atom stereocenters. The van der Waals surface area contributed by atoms with E-state index in [-0.39, 0.29) is 52.2 Å². The van der Waals surface area contributed by atoms with Gasteiger partial charge in [-0.3, -0.25) is 14.4 Å². The lowest BCUT2D eigenvalue weighted by molar-refractivity contribution is -0.191. The van der Waals surface area contributed by atoms with Crippen molar-refractivity contribution in [2.75, 3.05) is 25.6 Å². The standard InChI is InChI=1S/C28H43BrN2O5.CO2/c1-19(15-20(2)28(3,4)5)16-21-11-12-25(33)24(17-21)31-26(34)10-8-7-9-22(32)18-23(29)27(35)30-13-14-36-6;2-1-3/h11-12,17-20,33H,7-10,13-16H2,1-6H3,(H,30,35)(H,31,34);/b23-18+;. The molecule has 0 radical (unpaired) electrons. The van der Waals surface area contributed by atoms with Crippen LogP contribution in [-0.4, -0.2) is 49.1 Å². The van der Waals surface area contributed by atoms with Crippen molar-refractivity contribution in [3.8, 4) is 5.75 Å². The Morgan fingerprint density at radius 3 is 2.33 bits per heavy atom. The fraction of sp³-hybridized carbons (Fsp3) is 0.586. The van der Waals surface area contributed by atoms with E-state index in [1.54, 1.807) is 6.07 Å². The molecular weight excluding hydrogens is 568 g/mol. The van der Waals surface area contributed by atoms with Gasteiger partial charge in [-0.05, 0) is 76.6 Å². The maximum absolute atomic E-state index is 12.4. The molecule has 0 heterocycles. The lowest BCUT2D eigenvalue weighted by Crippen LogP contribution is -2.27. The highest BCUT2D eigenvalue weighted by Crippen LogP contribution is 2.32. The number of benzene rings is 1. The summed E-state index contributed by atoms with van der Waals surface area (Å²) < 4.78 is 5.03. The summed E-state index contributed by atoms with van der Waals surface area (Å²) in [7, 11) is 1.54. The molecule has 2 atom stereocenters. The molecule has 0 fully saturated rings. The number of phenols is 1. The minimum Gasteiger partial charge on any atom is -0.506 e. The Balaban J connectivity index is 0.00000458. The zero-order valence-electron chi connectivity index (χ0n) is 23.9. The van der Waals surface area contributed by atoms with Crippen LogP contribution in [0.4, 0.5) is 5.69 Å². The number of carbonyl (C=O) groups is 3. The maximum atomic E-state index is 12.4. The van der Waals surface area contributed by atoms with Crippen molar-refractivity contribution < 1.29 is 33.8 Å².